The van der Waals surface area contributed by atoms with E-state index >= 15 is 0 Å². The minimum absolute atomic E-state index is 0.141. The quantitative estimate of drug-likeness (QED) is 0.703. The largest absolute Gasteiger partial charge is 0.480 e. The van der Waals surface area contributed by atoms with Gasteiger partial charge in [0, 0.05) is 6.54 Å². The van der Waals surface area contributed by atoms with Crippen LogP contribution in [0.2, 0.25) is 0 Å². The Kier molecular flexibility index (Phi) is 5.70. The molecule has 0 atom stereocenters. The van der Waals surface area contributed by atoms with Crippen molar-refractivity contribution in [3.8, 4) is 0 Å². The van der Waals surface area contributed by atoms with Gasteiger partial charge in [-0.1, -0.05) is 38.1 Å². The Hall–Kier alpha value is -1.88. The summed E-state index contributed by atoms with van der Waals surface area (Å²) in [4.78, 5) is 23.5. The molecule has 0 unspecified atom stereocenters. The molecule has 0 aliphatic rings. The van der Waals surface area contributed by atoms with Crippen molar-refractivity contribution in [3.05, 3.63) is 35.4 Å². The van der Waals surface area contributed by atoms with Crippen molar-refractivity contribution >= 4 is 11.9 Å². The first kappa shape index (κ1) is 16.2. The number of carboxylic acid groups (broad SMARTS) is 1. The third kappa shape index (κ3) is 3.57. The molecule has 0 fully saturated rings. The molecule has 0 aliphatic heterocycles. The van der Waals surface area contributed by atoms with E-state index in [0.717, 1.165) is 11.1 Å². The summed E-state index contributed by atoms with van der Waals surface area (Å²) < 4.78 is 0. The molecule has 0 bridgehead atoms. The number of carbonyl (C=O) groups excluding carboxylic acids is 1. The number of hydrogen-bond acceptors (Lipinski definition) is 3. The minimum Gasteiger partial charge on any atom is -0.480 e. The highest BCUT2D eigenvalue weighted by Gasteiger charge is 2.36. The molecule has 1 aromatic rings. The standard InChI is InChI=1S/C15H22N2O3/c1-3-15(4-2,14(19)20)17-13(18)9-11-7-5-6-8-12(11)10-16/h5-8H,3-4,9-10,16H2,1-2H3,(H,17,18)(H,19,20). The van der Waals surface area contributed by atoms with Crippen LogP contribution in [-0.2, 0) is 22.6 Å². The van der Waals surface area contributed by atoms with Crippen molar-refractivity contribution < 1.29 is 14.7 Å². The highest BCUT2D eigenvalue weighted by Crippen LogP contribution is 2.16. The number of amides is 1. The van der Waals surface area contributed by atoms with Crippen molar-refractivity contribution in [2.45, 2.75) is 45.2 Å². The van der Waals surface area contributed by atoms with Crippen molar-refractivity contribution in [1.82, 2.24) is 5.32 Å². The molecule has 0 radical (unpaired) electrons. The van der Waals surface area contributed by atoms with Crippen molar-refractivity contribution in [2.75, 3.05) is 0 Å². The smallest absolute Gasteiger partial charge is 0.329 e. The predicted octanol–water partition coefficient (Wildman–Crippen LogP) is 1.45. The summed E-state index contributed by atoms with van der Waals surface area (Å²) in [6, 6.07) is 7.41. The van der Waals surface area contributed by atoms with Crippen LogP contribution in [0.5, 0.6) is 0 Å². The zero-order valence-electron chi connectivity index (χ0n) is 12.0. The molecule has 4 N–H and O–H groups in total. The van der Waals surface area contributed by atoms with Crippen LogP contribution in [0.3, 0.4) is 0 Å². The van der Waals surface area contributed by atoms with Gasteiger partial charge in [0.15, 0.2) is 0 Å². The van der Waals surface area contributed by atoms with Crippen LogP contribution < -0.4 is 11.1 Å². The molecule has 5 nitrogen and oxygen atoms in total. The average Bonchev–Trinajstić information content (AvgIpc) is 2.45. The number of hydrogen-bond donors (Lipinski definition) is 3. The third-order valence-corrected chi connectivity index (χ3v) is 3.68. The highest BCUT2D eigenvalue weighted by molar-refractivity contribution is 5.88. The van der Waals surface area contributed by atoms with Gasteiger partial charge in [-0.2, -0.15) is 0 Å². The molecule has 1 aromatic carbocycles. The van der Waals surface area contributed by atoms with Crippen LogP contribution in [0, 0.1) is 0 Å². The Morgan fingerprint density at radius 2 is 1.75 bits per heavy atom. The van der Waals surface area contributed by atoms with Crippen LogP contribution in [0.15, 0.2) is 24.3 Å². The van der Waals surface area contributed by atoms with Crippen molar-refractivity contribution in [1.29, 1.82) is 0 Å². The molecule has 20 heavy (non-hydrogen) atoms. The predicted molar refractivity (Wildman–Crippen MR) is 77.1 cm³/mol. The number of carbonyl (C=O) groups is 2. The fraction of sp³-hybridized carbons (Fsp3) is 0.467. The Bertz CT molecular complexity index is 482. The fourth-order valence-electron chi connectivity index (χ4n) is 2.20. The monoisotopic (exact) mass is 278 g/mol. The summed E-state index contributed by atoms with van der Waals surface area (Å²) in [5.41, 5.74) is 6.17. The van der Waals surface area contributed by atoms with Crippen LogP contribution in [-0.4, -0.2) is 22.5 Å². The van der Waals surface area contributed by atoms with Gasteiger partial charge in [-0.15, -0.1) is 0 Å². The summed E-state index contributed by atoms with van der Waals surface area (Å²) in [5, 5.41) is 12.0. The lowest BCUT2D eigenvalue weighted by Crippen LogP contribution is -2.54. The Morgan fingerprint density at radius 1 is 1.20 bits per heavy atom. The van der Waals surface area contributed by atoms with Crippen LogP contribution in [0.1, 0.15) is 37.8 Å². The third-order valence-electron chi connectivity index (χ3n) is 3.68. The van der Waals surface area contributed by atoms with E-state index in [9.17, 15) is 14.7 Å². The molecule has 0 saturated heterocycles. The summed E-state index contributed by atoms with van der Waals surface area (Å²) in [7, 11) is 0. The lowest BCUT2D eigenvalue weighted by molar-refractivity contribution is -0.148. The van der Waals surface area contributed by atoms with Crippen molar-refractivity contribution in [3.63, 3.8) is 0 Å². The number of nitrogens with two attached hydrogens (primary N) is 1. The second-order valence-corrected chi connectivity index (χ2v) is 4.79. The number of carboxylic acids is 1. The second-order valence-electron chi connectivity index (χ2n) is 4.79. The summed E-state index contributed by atoms with van der Waals surface area (Å²) in [5.74, 6) is -1.29. The zero-order valence-corrected chi connectivity index (χ0v) is 12.0. The molecule has 0 aliphatic carbocycles. The van der Waals surface area contributed by atoms with Gasteiger partial charge in [0.1, 0.15) is 5.54 Å². The Labute approximate surface area is 119 Å². The van der Waals surface area contributed by atoms with Gasteiger partial charge >= 0.3 is 5.97 Å². The van der Waals surface area contributed by atoms with E-state index in [1.807, 2.05) is 24.3 Å². The molecule has 1 amide bonds. The zero-order chi connectivity index (χ0) is 15.2. The van der Waals surface area contributed by atoms with E-state index in [4.69, 9.17) is 5.73 Å². The summed E-state index contributed by atoms with van der Waals surface area (Å²) in [6.07, 6.45) is 0.842. The number of benzene rings is 1. The van der Waals surface area contributed by atoms with Gasteiger partial charge in [0.05, 0.1) is 6.42 Å². The lowest BCUT2D eigenvalue weighted by Gasteiger charge is -2.28. The first-order valence-corrected chi connectivity index (χ1v) is 6.80. The van der Waals surface area contributed by atoms with E-state index in [0.29, 0.717) is 19.4 Å². The minimum atomic E-state index is -1.19. The van der Waals surface area contributed by atoms with Gasteiger partial charge in [-0.3, -0.25) is 4.79 Å². The Balaban J connectivity index is 2.84. The van der Waals surface area contributed by atoms with E-state index in [1.165, 1.54) is 0 Å². The van der Waals surface area contributed by atoms with Crippen LogP contribution in [0.25, 0.3) is 0 Å². The molecule has 1 rings (SSSR count). The highest BCUT2D eigenvalue weighted by atomic mass is 16.4. The number of nitrogens with one attached hydrogen (secondary N) is 1. The van der Waals surface area contributed by atoms with Gasteiger partial charge < -0.3 is 16.2 Å². The molecule has 0 heterocycles. The summed E-state index contributed by atoms with van der Waals surface area (Å²) >= 11 is 0. The number of aliphatic carboxylic acids is 1. The topological polar surface area (TPSA) is 92.4 Å². The Morgan fingerprint density at radius 3 is 2.20 bits per heavy atom. The maximum Gasteiger partial charge on any atom is 0.329 e. The van der Waals surface area contributed by atoms with Crippen molar-refractivity contribution in [2.24, 2.45) is 5.73 Å². The SMILES string of the molecule is CCC(CC)(NC(=O)Cc1ccccc1CN)C(=O)O. The van der Waals surface area contributed by atoms with E-state index in [-0.39, 0.29) is 12.3 Å². The molecule has 0 saturated carbocycles. The number of rotatable bonds is 7. The first-order valence-electron chi connectivity index (χ1n) is 6.80. The molecular formula is C15H22N2O3. The fourth-order valence-corrected chi connectivity index (χ4v) is 2.20. The maximum absolute atomic E-state index is 12.1. The van der Waals surface area contributed by atoms with Gasteiger partial charge in [0.2, 0.25) is 5.91 Å². The second kappa shape index (κ2) is 7.05. The van der Waals surface area contributed by atoms with Crippen LogP contribution in [0.4, 0.5) is 0 Å². The molecular weight excluding hydrogens is 256 g/mol. The lowest BCUT2D eigenvalue weighted by atomic mass is 9.92. The molecule has 0 aromatic heterocycles. The molecule has 5 heteroatoms. The van der Waals surface area contributed by atoms with E-state index < -0.39 is 11.5 Å². The van der Waals surface area contributed by atoms with E-state index in [2.05, 4.69) is 5.32 Å². The average molecular weight is 278 g/mol. The van der Waals surface area contributed by atoms with E-state index in [1.54, 1.807) is 13.8 Å². The summed E-state index contributed by atoms with van der Waals surface area (Å²) in [6.45, 7) is 3.87. The molecule has 110 valence electrons. The normalized spacial score (nSPS) is 11.2. The van der Waals surface area contributed by atoms with Crippen LogP contribution >= 0.6 is 0 Å². The maximum atomic E-state index is 12.1. The molecule has 0 spiro atoms. The van der Waals surface area contributed by atoms with Gasteiger partial charge in [-0.25, -0.2) is 4.79 Å². The van der Waals surface area contributed by atoms with Gasteiger partial charge in [0.25, 0.3) is 0 Å². The first-order chi connectivity index (χ1) is 9.49. The van der Waals surface area contributed by atoms with Gasteiger partial charge in [-0.05, 0) is 24.0 Å².